The van der Waals surface area contributed by atoms with Crippen LogP contribution in [0.3, 0.4) is 0 Å². The van der Waals surface area contributed by atoms with Crippen LogP contribution in [0.25, 0.3) is 0 Å². The number of hydrogen-bond donors (Lipinski definition) is 2. The van der Waals surface area contributed by atoms with Gasteiger partial charge in [0.1, 0.15) is 5.69 Å². The average Bonchev–Trinajstić information content (AvgIpc) is 2.98. The van der Waals surface area contributed by atoms with Crippen LogP contribution in [-0.2, 0) is 4.79 Å². The first-order valence-corrected chi connectivity index (χ1v) is 5.76. The van der Waals surface area contributed by atoms with Crippen molar-refractivity contribution in [3.63, 3.8) is 0 Å². The van der Waals surface area contributed by atoms with Gasteiger partial charge in [0.15, 0.2) is 0 Å². The molecule has 1 heterocycles. The summed E-state index contributed by atoms with van der Waals surface area (Å²) in [5.74, 6) is 0.325. The monoisotopic (exact) mass is 235 g/mol. The highest BCUT2D eigenvalue weighted by Crippen LogP contribution is 2.30. The van der Waals surface area contributed by atoms with Crippen molar-refractivity contribution in [3.05, 3.63) is 18.3 Å². The molecule has 1 amide bonds. The molecular weight excluding hydrogens is 218 g/mol. The van der Waals surface area contributed by atoms with E-state index >= 15 is 0 Å². The Bertz CT molecular complexity index is 420. The summed E-state index contributed by atoms with van der Waals surface area (Å²) in [5.41, 5.74) is 6.23. The number of carbonyl (C=O) groups is 1. The maximum Gasteiger partial charge on any atom is 0.238 e. The molecule has 0 saturated heterocycles. The molecular formula is C12H17N3O2. The lowest BCUT2D eigenvalue weighted by atomic mass is 10.3. The Balaban J connectivity index is 2.06. The molecule has 0 bridgehead atoms. The Hall–Kier alpha value is -1.62. The van der Waals surface area contributed by atoms with Crippen LogP contribution >= 0.6 is 0 Å². The number of nitrogens with zero attached hydrogens (tertiary/aromatic N) is 1. The summed E-state index contributed by atoms with van der Waals surface area (Å²) < 4.78 is 5.52. The maximum atomic E-state index is 11.7. The molecule has 0 spiro atoms. The van der Waals surface area contributed by atoms with Crippen LogP contribution in [0.5, 0.6) is 5.88 Å². The summed E-state index contributed by atoms with van der Waals surface area (Å²) in [6, 6.07) is 3.53. The third kappa shape index (κ3) is 2.94. The molecule has 1 aliphatic rings. The molecule has 1 fully saturated rings. The maximum absolute atomic E-state index is 11.7. The molecule has 5 nitrogen and oxygen atoms in total. The van der Waals surface area contributed by atoms with E-state index in [0.29, 0.717) is 11.6 Å². The Morgan fingerprint density at radius 2 is 2.35 bits per heavy atom. The van der Waals surface area contributed by atoms with E-state index in [9.17, 15) is 4.79 Å². The third-order valence-corrected chi connectivity index (χ3v) is 2.55. The van der Waals surface area contributed by atoms with E-state index in [0.717, 1.165) is 6.42 Å². The number of anilines is 1. The lowest BCUT2D eigenvalue weighted by Gasteiger charge is -2.13. The first kappa shape index (κ1) is 11.9. The van der Waals surface area contributed by atoms with E-state index in [1.807, 2.05) is 13.8 Å². The number of ether oxygens (including phenoxy) is 1. The largest absolute Gasteiger partial charge is 0.473 e. The molecule has 3 N–H and O–H groups in total. The summed E-state index contributed by atoms with van der Waals surface area (Å²) in [6.45, 7) is 3.83. The summed E-state index contributed by atoms with van der Waals surface area (Å²) in [4.78, 5) is 15.9. The highest BCUT2D eigenvalue weighted by atomic mass is 16.5. The van der Waals surface area contributed by atoms with E-state index in [1.54, 1.807) is 18.3 Å². The van der Waals surface area contributed by atoms with E-state index in [-0.39, 0.29) is 24.0 Å². The minimum Gasteiger partial charge on any atom is -0.473 e. The van der Waals surface area contributed by atoms with Gasteiger partial charge in [-0.25, -0.2) is 4.98 Å². The number of aromatic nitrogens is 1. The Morgan fingerprint density at radius 3 is 2.94 bits per heavy atom. The van der Waals surface area contributed by atoms with Crippen molar-refractivity contribution < 1.29 is 9.53 Å². The van der Waals surface area contributed by atoms with Crippen LogP contribution in [0.15, 0.2) is 18.3 Å². The van der Waals surface area contributed by atoms with Gasteiger partial charge in [-0.2, -0.15) is 0 Å². The fraction of sp³-hybridized carbons (Fsp3) is 0.500. The number of nitrogens with one attached hydrogen (secondary N) is 1. The Labute approximate surface area is 100 Å². The highest BCUT2D eigenvalue weighted by Gasteiger charge is 2.40. The number of carbonyl (C=O) groups excluding carboxylic acids is 1. The fourth-order valence-electron chi connectivity index (χ4n) is 1.54. The first-order chi connectivity index (χ1) is 8.08. The number of rotatable bonds is 4. The predicted molar refractivity (Wildman–Crippen MR) is 64.7 cm³/mol. The van der Waals surface area contributed by atoms with Crippen LogP contribution in [0.4, 0.5) is 5.69 Å². The molecule has 17 heavy (non-hydrogen) atoms. The SMILES string of the molecule is CC(C)Oc1ncccc1NC(=O)C1CC1N. The van der Waals surface area contributed by atoms with Crippen LogP contribution in [0.2, 0.25) is 0 Å². The summed E-state index contributed by atoms with van der Waals surface area (Å²) >= 11 is 0. The molecule has 1 aliphatic carbocycles. The van der Waals surface area contributed by atoms with Gasteiger partial charge in [-0.05, 0) is 32.4 Å². The molecule has 92 valence electrons. The average molecular weight is 235 g/mol. The van der Waals surface area contributed by atoms with Gasteiger partial charge < -0.3 is 15.8 Å². The van der Waals surface area contributed by atoms with E-state index in [2.05, 4.69) is 10.3 Å². The van der Waals surface area contributed by atoms with Crippen LogP contribution in [-0.4, -0.2) is 23.0 Å². The van der Waals surface area contributed by atoms with Crippen LogP contribution in [0, 0.1) is 5.92 Å². The van der Waals surface area contributed by atoms with Crippen molar-refractivity contribution >= 4 is 11.6 Å². The van der Waals surface area contributed by atoms with Gasteiger partial charge in [-0.15, -0.1) is 0 Å². The van der Waals surface area contributed by atoms with Crippen LogP contribution < -0.4 is 15.8 Å². The minimum absolute atomic E-state index is 0.00105. The minimum atomic E-state index is -0.0675. The van der Waals surface area contributed by atoms with Gasteiger partial charge in [0.05, 0.1) is 12.0 Å². The topological polar surface area (TPSA) is 77.2 Å². The van der Waals surface area contributed by atoms with Crippen molar-refractivity contribution in [3.8, 4) is 5.88 Å². The molecule has 2 atom stereocenters. The van der Waals surface area contributed by atoms with Gasteiger partial charge >= 0.3 is 0 Å². The second-order valence-corrected chi connectivity index (χ2v) is 4.52. The quantitative estimate of drug-likeness (QED) is 0.820. The molecule has 5 heteroatoms. The zero-order valence-electron chi connectivity index (χ0n) is 10.0. The summed E-state index contributed by atoms with van der Waals surface area (Å²) in [6.07, 6.45) is 2.41. The van der Waals surface area contributed by atoms with Gasteiger partial charge in [0.2, 0.25) is 11.8 Å². The zero-order chi connectivity index (χ0) is 12.4. The highest BCUT2D eigenvalue weighted by molar-refractivity contribution is 5.95. The van der Waals surface area contributed by atoms with Crippen molar-refractivity contribution in [1.82, 2.24) is 4.98 Å². The lowest BCUT2D eigenvalue weighted by Crippen LogP contribution is -2.19. The predicted octanol–water partition coefficient (Wildman–Crippen LogP) is 1.15. The van der Waals surface area contributed by atoms with Crippen molar-refractivity contribution in [2.24, 2.45) is 11.7 Å². The Morgan fingerprint density at radius 1 is 1.65 bits per heavy atom. The van der Waals surface area contributed by atoms with Gasteiger partial charge in [0.25, 0.3) is 0 Å². The summed E-state index contributed by atoms with van der Waals surface area (Å²) in [7, 11) is 0. The van der Waals surface area contributed by atoms with Gasteiger partial charge in [-0.1, -0.05) is 0 Å². The second-order valence-electron chi connectivity index (χ2n) is 4.52. The van der Waals surface area contributed by atoms with Crippen molar-refractivity contribution in [2.45, 2.75) is 32.4 Å². The fourth-order valence-corrected chi connectivity index (χ4v) is 1.54. The third-order valence-electron chi connectivity index (χ3n) is 2.55. The molecule has 2 rings (SSSR count). The zero-order valence-corrected chi connectivity index (χ0v) is 10.0. The molecule has 1 aromatic rings. The Kier molecular flexibility index (Phi) is 3.28. The molecule has 0 aromatic carbocycles. The molecule has 0 aliphatic heterocycles. The number of pyridine rings is 1. The van der Waals surface area contributed by atoms with E-state index < -0.39 is 0 Å². The van der Waals surface area contributed by atoms with Crippen molar-refractivity contribution in [2.75, 3.05) is 5.32 Å². The summed E-state index contributed by atoms with van der Waals surface area (Å²) in [5, 5.41) is 2.80. The van der Waals surface area contributed by atoms with E-state index in [4.69, 9.17) is 10.5 Å². The van der Waals surface area contributed by atoms with Gasteiger partial charge in [-0.3, -0.25) is 4.79 Å². The van der Waals surface area contributed by atoms with Gasteiger partial charge in [0, 0.05) is 12.2 Å². The smallest absolute Gasteiger partial charge is 0.238 e. The molecule has 1 saturated carbocycles. The first-order valence-electron chi connectivity index (χ1n) is 5.76. The van der Waals surface area contributed by atoms with E-state index in [1.165, 1.54) is 0 Å². The lowest BCUT2D eigenvalue weighted by molar-refractivity contribution is -0.117. The second kappa shape index (κ2) is 4.71. The van der Waals surface area contributed by atoms with Crippen LogP contribution in [0.1, 0.15) is 20.3 Å². The number of amides is 1. The molecule has 1 aromatic heterocycles. The standard InChI is InChI=1S/C12H17N3O2/c1-7(2)17-12-10(4-3-5-14-12)15-11(16)8-6-9(8)13/h3-5,7-9H,6,13H2,1-2H3,(H,15,16). The number of hydrogen-bond acceptors (Lipinski definition) is 4. The van der Waals surface area contributed by atoms with Crippen molar-refractivity contribution in [1.29, 1.82) is 0 Å². The molecule has 0 radical (unpaired) electrons. The molecule has 2 unspecified atom stereocenters. The normalized spacial score (nSPS) is 22.4. The number of nitrogens with two attached hydrogens (primary N) is 1.